The van der Waals surface area contributed by atoms with Gasteiger partial charge in [-0.15, -0.1) is 0 Å². The lowest BCUT2D eigenvalue weighted by Crippen LogP contribution is -2.04. The predicted molar refractivity (Wildman–Crippen MR) is 96.3 cm³/mol. The number of nitrogens with zero attached hydrogens (tertiary/aromatic N) is 2. The van der Waals surface area contributed by atoms with Gasteiger partial charge in [0.2, 0.25) is 0 Å². The van der Waals surface area contributed by atoms with E-state index in [-0.39, 0.29) is 5.56 Å². The molecule has 25 heavy (non-hydrogen) atoms. The standard InChI is InChI=1S/C20H20N2O3/c1-14(2)13-25-17-10-8-15(9-11-17)19-18(20(23)24)12-22(21-19)16-6-4-3-5-7-16/h3-12,14H,13H2,1-2H3,(H,23,24). The first kappa shape index (κ1) is 16.8. The van der Waals surface area contributed by atoms with E-state index in [1.807, 2.05) is 54.6 Å². The molecule has 0 aliphatic rings. The van der Waals surface area contributed by atoms with Gasteiger partial charge in [0.15, 0.2) is 0 Å². The molecule has 128 valence electrons. The Bertz CT molecular complexity index is 852. The summed E-state index contributed by atoms with van der Waals surface area (Å²) in [7, 11) is 0. The van der Waals surface area contributed by atoms with Crippen molar-refractivity contribution in [1.29, 1.82) is 0 Å². The second-order valence-electron chi connectivity index (χ2n) is 6.21. The molecule has 5 heteroatoms. The summed E-state index contributed by atoms with van der Waals surface area (Å²) in [6.45, 7) is 4.82. The van der Waals surface area contributed by atoms with E-state index in [9.17, 15) is 9.90 Å². The number of carbonyl (C=O) groups is 1. The molecule has 1 N–H and O–H groups in total. The fraction of sp³-hybridized carbons (Fsp3) is 0.200. The monoisotopic (exact) mass is 336 g/mol. The van der Waals surface area contributed by atoms with Crippen LogP contribution in [0.4, 0.5) is 0 Å². The molecule has 0 bridgehead atoms. The molecule has 0 amide bonds. The number of aromatic nitrogens is 2. The predicted octanol–water partition coefficient (Wildman–Crippen LogP) is 4.27. The number of benzene rings is 2. The van der Waals surface area contributed by atoms with Crippen LogP contribution >= 0.6 is 0 Å². The summed E-state index contributed by atoms with van der Waals surface area (Å²) in [5, 5.41) is 14.0. The maximum absolute atomic E-state index is 11.6. The van der Waals surface area contributed by atoms with Gasteiger partial charge in [0.25, 0.3) is 0 Å². The van der Waals surface area contributed by atoms with E-state index in [0.29, 0.717) is 18.2 Å². The summed E-state index contributed by atoms with van der Waals surface area (Å²) < 4.78 is 7.25. The average Bonchev–Trinajstić information content (AvgIpc) is 3.07. The van der Waals surface area contributed by atoms with Crippen LogP contribution in [0.5, 0.6) is 5.75 Å². The fourth-order valence-corrected chi connectivity index (χ4v) is 2.43. The van der Waals surface area contributed by atoms with Crippen molar-refractivity contribution >= 4 is 5.97 Å². The van der Waals surface area contributed by atoms with Gasteiger partial charge in [-0.05, 0) is 42.3 Å². The lowest BCUT2D eigenvalue weighted by atomic mass is 10.1. The number of rotatable bonds is 6. The first-order chi connectivity index (χ1) is 12.0. The summed E-state index contributed by atoms with van der Waals surface area (Å²) in [6, 6.07) is 16.8. The van der Waals surface area contributed by atoms with Crippen LogP contribution in [0.25, 0.3) is 16.9 Å². The Morgan fingerprint density at radius 1 is 1.12 bits per heavy atom. The van der Waals surface area contributed by atoms with E-state index < -0.39 is 5.97 Å². The SMILES string of the molecule is CC(C)COc1ccc(-c2nn(-c3ccccc3)cc2C(=O)O)cc1. The van der Waals surface area contributed by atoms with Crippen molar-refractivity contribution < 1.29 is 14.6 Å². The Kier molecular flexibility index (Phi) is 4.84. The quantitative estimate of drug-likeness (QED) is 0.730. The number of aromatic carboxylic acids is 1. The summed E-state index contributed by atoms with van der Waals surface area (Å²) in [4.78, 5) is 11.6. The lowest BCUT2D eigenvalue weighted by molar-refractivity contribution is 0.0697. The molecule has 3 aromatic rings. The van der Waals surface area contributed by atoms with Crippen LogP contribution in [0, 0.1) is 5.92 Å². The normalized spacial score (nSPS) is 10.8. The minimum Gasteiger partial charge on any atom is -0.493 e. The molecule has 0 spiro atoms. The Morgan fingerprint density at radius 3 is 2.40 bits per heavy atom. The number of hydrogen-bond acceptors (Lipinski definition) is 3. The topological polar surface area (TPSA) is 64.4 Å². The highest BCUT2D eigenvalue weighted by atomic mass is 16.5. The van der Waals surface area contributed by atoms with Crippen LogP contribution in [0.3, 0.4) is 0 Å². The second kappa shape index (κ2) is 7.21. The minimum absolute atomic E-state index is 0.166. The van der Waals surface area contributed by atoms with Gasteiger partial charge in [0.1, 0.15) is 17.0 Å². The first-order valence-corrected chi connectivity index (χ1v) is 8.16. The molecule has 0 unspecified atom stereocenters. The van der Waals surface area contributed by atoms with Gasteiger partial charge in [0.05, 0.1) is 12.3 Å². The van der Waals surface area contributed by atoms with Crippen molar-refractivity contribution in [1.82, 2.24) is 9.78 Å². The van der Waals surface area contributed by atoms with Gasteiger partial charge in [-0.2, -0.15) is 5.10 Å². The summed E-state index contributed by atoms with van der Waals surface area (Å²) in [5.41, 5.74) is 2.16. The molecule has 0 aliphatic heterocycles. The number of ether oxygens (including phenoxy) is 1. The van der Waals surface area contributed by atoms with Gasteiger partial charge < -0.3 is 9.84 Å². The maximum atomic E-state index is 11.6. The zero-order chi connectivity index (χ0) is 17.8. The molecule has 3 rings (SSSR count). The van der Waals surface area contributed by atoms with Crippen molar-refractivity contribution in [2.45, 2.75) is 13.8 Å². The van der Waals surface area contributed by atoms with E-state index in [2.05, 4.69) is 18.9 Å². The minimum atomic E-state index is -1.00. The molecule has 1 aromatic heterocycles. The number of carboxylic acid groups (broad SMARTS) is 1. The molecule has 1 heterocycles. The van der Waals surface area contributed by atoms with Crippen molar-refractivity contribution in [3.63, 3.8) is 0 Å². The van der Waals surface area contributed by atoms with Gasteiger partial charge >= 0.3 is 5.97 Å². The number of hydrogen-bond donors (Lipinski definition) is 1. The van der Waals surface area contributed by atoms with Gasteiger partial charge in [-0.1, -0.05) is 32.0 Å². The van der Waals surface area contributed by atoms with Gasteiger partial charge in [-0.3, -0.25) is 0 Å². The maximum Gasteiger partial charge on any atom is 0.339 e. The van der Waals surface area contributed by atoms with Crippen molar-refractivity contribution in [3.05, 3.63) is 66.4 Å². The largest absolute Gasteiger partial charge is 0.493 e. The molecule has 0 saturated heterocycles. The molecule has 0 fully saturated rings. The molecule has 0 radical (unpaired) electrons. The van der Waals surface area contributed by atoms with Crippen molar-refractivity contribution in [2.24, 2.45) is 5.92 Å². The van der Waals surface area contributed by atoms with E-state index in [1.54, 1.807) is 4.68 Å². The van der Waals surface area contributed by atoms with E-state index in [4.69, 9.17) is 4.74 Å². The molecule has 0 saturated carbocycles. The van der Waals surface area contributed by atoms with Crippen LogP contribution in [-0.4, -0.2) is 27.5 Å². The first-order valence-electron chi connectivity index (χ1n) is 8.16. The van der Waals surface area contributed by atoms with E-state index in [0.717, 1.165) is 17.0 Å². The van der Waals surface area contributed by atoms with Crippen LogP contribution in [-0.2, 0) is 0 Å². The van der Waals surface area contributed by atoms with Crippen LogP contribution in [0.15, 0.2) is 60.8 Å². The summed E-state index contributed by atoms with van der Waals surface area (Å²) in [6.07, 6.45) is 1.54. The third-order valence-corrected chi connectivity index (χ3v) is 3.68. The molecule has 0 aliphatic carbocycles. The summed E-state index contributed by atoms with van der Waals surface area (Å²) in [5.74, 6) is 0.203. The van der Waals surface area contributed by atoms with Crippen LogP contribution in [0.2, 0.25) is 0 Å². The van der Waals surface area contributed by atoms with Gasteiger partial charge in [0, 0.05) is 11.8 Å². The second-order valence-corrected chi connectivity index (χ2v) is 6.21. The molecular formula is C20H20N2O3. The molecule has 2 aromatic carbocycles. The summed E-state index contributed by atoms with van der Waals surface area (Å²) >= 11 is 0. The van der Waals surface area contributed by atoms with Crippen LogP contribution < -0.4 is 4.74 Å². The van der Waals surface area contributed by atoms with Crippen LogP contribution in [0.1, 0.15) is 24.2 Å². The molecule has 5 nitrogen and oxygen atoms in total. The average molecular weight is 336 g/mol. The Labute approximate surface area is 146 Å². The fourth-order valence-electron chi connectivity index (χ4n) is 2.43. The number of carboxylic acids is 1. The third-order valence-electron chi connectivity index (χ3n) is 3.68. The highest BCUT2D eigenvalue weighted by Crippen LogP contribution is 2.26. The van der Waals surface area contributed by atoms with E-state index in [1.165, 1.54) is 6.20 Å². The van der Waals surface area contributed by atoms with E-state index >= 15 is 0 Å². The smallest absolute Gasteiger partial charge is 0.339 e. The Balaban J connectivity index is 1.93. The zero-order valence-corrected chi connectivity index (χ0v) is 14.2. The Hall–Kier alpha value is -3.08. The zero-order valence-electron chi connectivity index (χ0n) is 14.2. The highest BCUT2D eigenvalue weighted by Gasteiger charge is 2.17. The third kappa shape index (κ3) is 3.88. The van der Waals surface area contributed by atoms with Crippen molar-refractivity contribution in [3.8, 4) is 22.7 Å². The molecule has 0 atom stereocenters. The lowest BCUT2D eigenvalue weighted by Gasteiger charge is -2.09. The van der Waals surface area contributed by atoms with Gasteiger partial charge in [-0.25, -0.2) is 9.48 Å². The van der Waals surface area contributed by atoms with Crippen molar-refractivity contribution in [2.75, 3.05) is 6.61 Å². The number of para-hydroxylation sites is 1. The molecular weight excluding hydrogens is 316 g/mol. The highest BCUT2D eigenvalue weighted by molar-refractivity contribution is 5.94. The Morgan fingerprint density at radius 2 is 1.80 bits per heavy atom.